The summed E-state index contributed by atoms with van der Waals surface area (Å²) in [7, 11) is 0. The van der Waals surface area contributed by atoms with Crippen molar-refractivity contribution >= 4 is 0 Å². The van der Waals surface area contributed by atoms with Crippen molar-refractivity contribution in [3.05, 3.63) is 0 Å². The van der Waals surface area contributed by atoms with Gasteiger partial charge in [-0.2, -0.15) is 0 Å². The van der Waals surface area contributed by atoms with Crippen molar-refractivity contribution in [2.75, 3.05) is 13.2 Å². The SMILES string of the molecule is CCC(CC)(CCO)CNC1CC2CCC1C2. The monoisotopic (exact) mass is 239 g/mol. The molecule has 2 bridgehead atoms. The zero-order valence-corrected chi connectivity index (χ0v) is 11.5. The average Bonchev–Trinajstić information content (AvgIpc) is 2.97. The van der Waals surface area contributed by atoms with E-state index in [1.54, 1.807) is 0 Å². The van der Waals surface area contributed by atoms with E-state index in [1.807, 2.05) is 0 Å². The third kappa shape index (κ3) is 2.85. The van der Waals surface area contributed by atoms with Crippen LogP contribution in [0.1, 0.15) is 58.8 Å². The van der Waals surface area contributed by atoms with E-state index in [9.17, 15) is 5.11 Å². The van der Waals surface area contributed by atoms with E-state index < -0.39 is 0 Å². The molecule has 100 valence electrons. The lowest BCUT2D eigenvalue weighted by Crippen LogP contribution is -2.42. The van der Waals surface area contributed by atoms with Crippen LogP contribution in [0.5, 0.6) is 0 Å². The molecule has 2 heteroatoms. The minimum atomic E-state index is 0.330. The zero-order valence-electron chi connectivity index (χ0n) is 11.5. The summed E-state index contributed by atoms with van der Waals surface area (Å²) in [5.41, 5.74) is 0.330. The van der Waals surface area contributed by atoms with E-state index in [0.717, 1.165) is 30.8 Å². The minimum Gasteiger partial charge on any atom is -0.396 e. The Morgan fingerprint density at radius 1 is 1.18 bits per heavy atom. The molecule has 0 aromatic heterocycles. The lowest BCUT2D eigenvalue weighted by molar-refractivity contribution is 0.153. The van der Waals surface area contributed by atoms with Gasteiger partial charge < -0.3 is 10.4 Å². The van der Waals surface area contributed by atoms with Gasteiger partial charge in [0.15, 0.2) is 0 Å². The first kappa shape index (κ1) is 13.4. The molecule has 0 aromatic rings. The molecule has 2 N–H and O–H groups in total. The van der Waals surface area contributed by atoms with E-state index in [4.69, 9.17) is 0 Å². The molecule has 0 heterocycles. The van der Waals surface area contributed by atoms with Crippen LogP contribution in [0.15, 0.2) is 0 Å². The van der Waals surface area contributed by atoms with E-state index in [1.165, 1.54) is 38.5 Å². The quantitative estimate of drug-likeness (QED) is 0.716. The van der Waals surface area contributed by atoms with Gasteiger partial charge in [0.05, 0.1) is 0 Å². The summed E-state index contributed by atoms with van der Waals surface area (Å²) in [6.07, 6.45) is 9.12. The highest BCUT2D eigenvalue weighted by Gasteiger charge is 2.40. The lowest BCUT2D eigenvalue weighted by atomic mass is 9.79. The van der Waals surface area contributed by atoms with Gasteiger partial charge in [-0.15, -0.1) is 0 Å². The average molecular weight is 239 g/mol. The molecule has 0 aromatic carbocycles. The summed E-state index contributed by atoms with van der Waals surface area (Å²) >= 11 is 0. The summed E-state index contributed by atoms with van der Waals surface area (Å²) in [6, 6.07) is 0.782. The minimum absolute atomic E-state index is 0.330. The van der Waals surface area contributed by atoms with Gasteiger partial charge in [-0.05, 0) is 55.8 Å². The molecule has 0 aliphatic heterocycles. The number of nitrogens with one attached hydrogen (secondary N) is 1. The van der Waals surface area contributed by atoms with Gasteiger partial charge in [-0.25, -0.2) is 0 Å². The third-order valence-corrected chi connectivity index (χ3v) is 5.62. The molecule has 0 amide bonds. The van der Waals surface area contributed by atoms with Crippen molar-refractivity contribution in [2.45, 2.75) is 64.8 Å². The van der Waals surface area contributed by atoms with E-state index >= 15 is 0 Å². The first-order valence-electron chi connectivity index (χ1n) is 7.57. The third-order valence-electron chi connectivity index (χ3n) is 5.62. The van der Waals surface area contributed by atoms with Crippen molar-refractivity contribution in [2.24, 2.45) is 17.3 Å². The Labute approximate surface area is 106 Å². The fourth-order valence-corrected chi connectivity index (χ4v) is 4.02. The maximum absolute atomic E-state index is 9.23. The summed E-state index contributed by atoms with van der Waals surface area (Å²) in [5.74, 6) is 1.98. The number of fused-ring (bicyclic) bond motifs is 2. The topological polar surface area (TPSA) is 32.3 Å². The molecule has 2 aliphatic rings. The Kier molecular flexibility index (Phi) is 4.48. The molecule has 2 rings (SSSR count). The molecular weight excluding hydrogens is 210 g/mol. The second-order valence-electron chi connectivity index (χ2n) is 6.34. The van der Waals surface area contributed by atoms with E-state index in [2.05, 4.69) is 19.2 Å². The van der Waals surface area contributed by atoms with Crippen molar-refractivity contribution in [3.63, 3.8) is 0 Å². The second kappa shape index (κ2) is 5.71. The smallest absolute Gasteiger partial charge is 0.0436 e. The van der Waals surface area contributed by atoms with Crippen LogP contribution in [0.25, 0.3) is 0 Å². The molecule has 2 saturated carbocycles. The molecular formula is C15H29NO. The van der Waals surface area contributed by atoms with E-state index in [0.29, 0.717) is 12.0 Å². The van der Waals surface area contributed by atoms with Crippen LogP contribution < -0.4 is 5.32 Å². The second-order valence-corrected chi connectivity index (χ2v) is 6.34. The molecule has 0 saturated heterocycles. The van der Waals surface area contributed by atoms with Crippen LogP contribution in [0.3, 0.4) is 0 Å². The van der Waals surface area contributed by atoms with Crippen LogP contribution in [0.4, 0.5) is 0 Å². The highest BCUT2D eigenvalue weighted by atomic mass is 16.3. The summed E-state index contributed by atoms with van der Waals surface area (Å²) in [6.45, 7) is 5.97. The van der Waals surface area contributed by atoms with Crippen LogP contribution in [-0.2, 0) is 0 Å². The predicted molar refractivity (Wildman–Crippen MR) is 72.0 cm³/mol. The lowest BCUT2D eigenvalue weighted by Gasteiger charge is -2.34. The maximum Gasteiger partial charge on any atom is 0.0436 e. The van der Waals surface area contributed by atoms with Gasteiger partial charge in [0, 0.05) is 19.2 Å². The van der Waals surface area contributed by atoms with Gasteiger partial charge in [-0.1, -0.05) is 20.3 Å². The molecule has 0 spiro atoms. The van der Waals surface area contributed by atoms with Crippen molar-refractivity contribution in [1.29, 1.82) is 0 Å². The van der Waals surface area contributed by atoms with Gasteiger partial charge >= 0.3 is 0 Å². The molecule has 3 unspecified atom stereocenters. The largest absolute Gasteiger partial charge is 0.396 e. The van der Waals surface area contributed by atoms with Gasteiger partial charge in [-0.3, -0.25) is 0 Å². The van der Waals surface area contributed by atoms with Gasteiger partial charge in [0.25, 0.3) is 0 Å². The highest BCUT2D eigenvalue weighted by Crippen LogP contribution is 2.44. The van der Waals surface area contributed by atoms with Crippen molar-refractivity contribution in [3.8, 4) is 0 Å². The first-order valence-corrected chi connectivity index (χ1v) is 7.57. The number of rotatable bonds is 7. The molecule has 3 atom stereocenters. The predicted octanol–water partition coefficient (Wildman–Crippen LogP) is 2.95. The fraction of sp³-hybridized carbons (Fsp3) is 1.00. The van der Waals surface area contributed by atoms with Crippen LogP contribution >= 0.6 is 0 Å². The molecule has 2 aliphatic carbocycles. The summed E-state index contributed by atoms with van der Waals surface area (Å²) < 4.78 is 0. The molecule has 17 heavy (non-hydrogen) atoms. The Bertz CT molecular complexity index is 237. The number of aliphatic hydroxyl groups excluding tert-OH is 1. The Morgan fingerprint density at radius 3 is 2.41 bits per heavy atom. The first-order chi connectivity index (χ1) is 8.23. The van der Waals surface area contributed by atoms with Crippen molar-refractivity contribution < 1.29 is 5.11 Å². The number of hydrogen-bond donors (Lipinski definition) is 2. The van der Waals surface area contributed by atoms with E-state index in [-0.39, 0.29) is 0 Å². The Hall–Kier alpha value is -0.0800. The fourth-order valence-electron chi connectivity index (χ4n) is 4.02. The van der Waals surface area contributed by atoms with Gasteiger partial charge in [0.1, 0.15) is 0 Å². The number of hydrogen-bond acceptors (Lipinski definition) is 2. The number of aliphatic hydroxyl groups is 1. The zero-order chi connectivity index (χ0) is 12.3. The molecule has 2 fully saturated rings. The Balaban J connectivity index is 1.82. The van der Waals surface area contributed by atoms with Crippen LogP contribution in [-0.4, -0.2) is 24.3 Å². The summed E-state index contributed by atoms with van der Waals surface area (Å²) in [4.78, 5) is 0. The normalized spacial score (nSPS) is 32.3. The standard InChI is InChI=1S/C15H29NO/c1-3-15(4-2,7-8-17)11-16-14-10-12-5-6-13(14)9-12/h12-14,16-17H,3-11H2,1-2H3. The van der Waals surface area contributed by atoms with Crippen molar-refractivity contribution in [1.82, 2.24) is 5.32 Å². The molecule has 0 radical (unpaired) electrons. The highest BCUT2D eigenvalue weighted by molar-refractivity contribution is 4.95. The van der Waals surface area contributed by atoms with Crippen LogP contribution in [0, 0.1) is 17.3 Å². The maximum atomic E-state index is 9.23. The van der Waals surface area contributed by atoms with Gasteiger partial charge in [0.2, 0.25) is 0 Å². The molecule has 2 nitrogen and oxygen atoms in total. The Morgan fingerprint density at radius 2 is 1.94 bits per heavy atom. The summed E-state index contributed by atoms with van der Waals surface area (Å²) in [5, 5.41) is 13.1. The van der Waals surface area contributed by atoms with Crippen LogP contribution in [0.2, 0.25) is 0 Å².